The number of aryl methyl sites for hydroxylation is 2. The van der Waals surface area contributed by atoms with Crippen molar-refractivity contribution in [3.05, 3.63) is 81.7 Å². The van der Waals surface area contributed by atoms with E-state index in [1.54, 1.807) is 29.7 Å². The minimum Gasteiger partial charge on any atom is -0.455 e. The van der Waals surface area contributed by atoms with Crippen molar-refractivity contribution in [3.63, 3.8) is 0 Å². The van der Waals surface area contributed by atoms with E-state index in [-0.39, 0.29) is 12.2 Å². The number of nitrogens with zero attached hydrogens (tertiary/aromatic N) is 3. The highest BCUT2D eigenvalue weighted by Gasteiger charge is 2.17. The second kappa shape index (κ2) is 9.02. The van der Waals surface area contributed by atoms with Gasteiger partial charge in [0.1, 0.15) is 23.9 Å². The summed E-state index contributed by atoms with van der Waals surface area (Å²) < 4.78 is 13.0. The maximum absolute atomic E-state index is 13.0. The zero-order valence-electron chi connectivity index (χ0n) is 18.5. The third-order valence-corrected chi connectivity index (χ3v) is 6.06. The van der Waals surface area contributed by atoms with E-state index in [1.165, 1.54) is 0 Å². The first-order valence-corrected chi connectivity index (χ1v) is 11.3. The second-order valence-electron chi connectivity index (χ2n) is 8.35. The Bertz CT molecular complexity index is 1370. The molecular weight excluding hydrogens is 418 g/mol. The molecule has 7 nitrogen and oxygen atoms in total. The van der Waals surface area contributed by atoms with Gasteiger partial charge in [-0.05, 0) is 50.1 Å². The molecule has 0 atom stereocenters. The van der Waals surface area contributed by atoms with Crippen molar-refractivity contribution in [3.8, 4) is 11.5 Å². The molecule has 0 saturated heterocycles. The average molecular weight is 444 g/mol. The molecule has 0 saturated carbocycles. The number of ether oxygens (including phenoxy) is 1. The predicted molar refractivity (Wildman–Crippen MR) is 124 cm³/mol. The SMILES string of the molecule is Cc1oc(-c2ccccc2)nc1COC(=O)c1ccc2c(=O)n3c(nc2c1)CCCCCC3. The van der Waals surface area contributed by atoms with Crippen LogP contribution in [0.15, 0.2) is 57.7 Å². The van der Waals surface area contributed by atoms with E-state index < -0.39 is 5.97 Å². The molecule has 168 valence electrons. The lowest BCUT2D eigenvalue weighted by Gasteiger charge is -2.16. The highest BCUT2D eigenvalue weighted by molar-refractivity contribution is 5.94. The first-order valence-electron chi connectivity index (χ1n) is 11.3. The summed E-state index contributed by atoms with van der Waals surface area (Å²) in [5.74, 6) is 1.40. The van der Waals surface area contributed by atoms with Gasteiger partial charge in [-0.25, -0.2) is 14.8 Å². The summed E-state index contributed by atoms with van der Waals surface area (Å²) in [6, 6.07) is 14.5. The Labute approximate surface area is 191 Å². The van der Waals surface area contributed by atoms with Crippen LogP contribution in [0.2, 0.25) is 0 Å². The normalized spacial score (nSPS) is 13.8. The van der Waals surface area contributed by atoms with Crippen molar-refractivity contribution in [2.24, 2.45) is 0 Å². The van der Waals surface area contributed by atoms with Gasteiger partial charge in [-0.15, -0.1) is 0 Å². The Balaban J connectivity index is 1.36. The van der Waals surface area contributed by atoms with E-state index in [0.29, 0.717) is 40.4 Å². The summed E-state index contributed by atoms with van der Waals surface area (Å²) in [7, 11) is 0. The van der Waals surface area contributed by atoms with Gasteiger partial charge in [-0.1, -0.05) is 31.0 Å². The Kier molecular flexibility index (Phi) is 5.77. The maximum Gasteiger partial charge on any atom is 0.338 e. The number of oxazole rings is 1. The number of benzene rings is 2. The van der Waals surface area contributed by atoms with Gasteiger partial charge in [-0.2, -0.15) is 0 Å². The molecule has 0 amide bonds. The molecule has 4 aromatic rings. The molecule has 2 aromatic heterocycles. The molecule has 33 heavy (non-hydrogen) atoms. The summed E-state index contributed by atoms with van der Waals surface area (Å²) in [6.07, 6.45) is 5.05. The topological polar surface area (TPSA) is 87.2 Å². The van der Waals surface area contributed by atoms with Gasteiger partial charge >= 0.3 is 5.97 Å². The number of carbonyl (C=O) groups excluding carboxylic acids is 1. The van der Waals surface area contributed by atoms with Crippen LogP contribution in [0, 0.1) is 6.92 Å². The molecule has 0 radical (unpaired) electrons. The highest BCUT2D eigenvalue weighted by atomic mass is 16.5. The lowest BCUT2D eigenvalue weighted by atomic mass is 10.1. The van der Waals surface area contributed by atoms with E-state index in [0.717, 1.165) is 43.5 Å². The van der Waals surface area contributed by atoms with Crippen molar-refractivity contribution < 1.29 is 13.9 Å². The number of esters is 1. The van der Waals surface area contributed by atoms with Gasteiger partial charge in [0.05, 0.1) is 16.5 Å². The molecule has 7 heteroatoms. The summed E-state index contributed by atoms with van der Waals surface area (Å²) in [5, 5.41) is 0.524. The molecule has 0 aliphatic carbocycles. The molecule has 1 aliphatic heterocycles. The zero-order chi connectivity index (χ0) is 22.8. The van der Waals surface area contributed by atoms with Gasteiger partial charge in [0.15, 0.2) is 0 Å². The predicted octanol–water partition coefficient (Wildman–Crippen LogP) is 4.83. The number of hydrogen-bond acceptors (Lipinski definition) is 6. The number of hydrogen-bond donors (Lipinski definition) is 0. The van der Waals surface area contributed by atoms with Crippen molar-refractivity contribution >= 4 is 16.9 Å². The monoisotopic (exact) mass is 443 g/mol. The van der Waals surface area contributed by atoms with Crippen LogP contribution >= 0.6 is 0 Å². The Morgan fingerprint density at radius 3 is 2.73 bits per heavy atom. The number of rotatable bonds is 4. The van der Waals surface area contributed by atoms with Crippen molar-refractivity contribution in [1.29, 1.82) is 0 Å². The molecule has 2 aromatic carbocycles. The lowest BCUT2D eigenvalue weighted by molar-refractivity contribution is 0.0467. The van der Waals surface area contributed by atoms with Crippen molar-refractivity contribution in [2.75, 3.05) is 0 Å². The van der Waals surface area contributed by atoms with Gasteiger partial charge in [0.2, 0.25) is 5.89 Å². The maximum atomic E-state index is 13.0. The summed E-state index contributed by atoms with van der Waals surface area (Å²) in [4.78, 5) is 34.9. The van der Waals surface area contributed by atoms with Crippen LogP contribution in [0.25, 0.3) is 22.4 Å². The van der Waals surface area contributed by atoms with Crippen LogP contribution in [0.4, 0.5) is 0 Å². The van der Waals surface area contributed by atoms with Crippen molar-refractivity contribution in [1.82, 2.24) is 14.5 Å². The molecule has 3 heterocycles. The van der Waals surface area contributed by atoms with Crippen LogP contribution in [0.3, 0.4) is 0 Å². The number of carbonyl (C=O) groups is 1. The van der Waals surface area contributed by atoms with Gasteiger partial charge in [-0.3, -0.25) is 9.36 Å². The smallest absolute Gasteiger partial charge is 0.338 e. The number of fused-ring (bicyclic) bond motifs is 2. The molecule has 0 N–H and O–H groups in total. The van der Waals surface area contributed by atoms with Crippen LogP contribution in [-0.2, 0) is 24.3 Å². The van der Waals surface area contributed by atoms with Gasteiger partial charge in [0, 0.05) is 18.5 Å². The standard InChI is InChI=1S/C26H25N3O4/c1-17-22(28-24(33-17)18-9-5-4-6-10-18)16-32-26(31)19-12-13-20-21(15-19)27-23-11-7-2-3-8-14-29(23)25(20)30/h4-6,9-10,12-13,15H,2-3,7-8,11,14,16H2,1H3. The molecule has 0 unspecified atom stereocenters. The van der Waals surface area contributed by atoms with E-state index in [4.69, 9.17) is 14.1 Å². The van der Waals surface area contributed by atoms with Gasteiger partial charge in [0.25, 0.3) is 5.56 Å². The average Bonchev–Trinajstić information content (AvgIpc) is 3.19. The third kappa shape index (κ3) is 4.31. The number of aromatic nitrogens is 3. The van der Waals surface area contributed by atoms with Crippen LogP contribution < -0.4 is 5.56 Å². The van der Waals surface area contributed by atoms with Crippen LogP contribution in [0.5, 0.6) is 0 Å². The van der Waals surface area contributed by atoms with E-state index in [9.17, 15) is 9.59 Å². The van der Waals surface area contributed by atoms with E-state index >= 15 is 0 Å². The quantitative estimate of drug-likeness (QED) is 0.420. The lowest BCUT2D eigenvalue weighted by Crippen LogP contribution is -2.26. The Hall–Kier alpha value is -3.74. The zero-order valence-corrected chi connectivity index (χ0v) is 18.5. The molecule has 0 fully saturated rings. The fourth-order valence-corrected chi connectivity index (χ4v) is 4.21. The Morgan fingerprint density at radius 2 is 1.88 bits per heavy atom. The van der Waals surface area contributed by atoms with Crippen molar-refractivity contribution in [2.45, 2.75) is 52.2 Å². The minimum absolute atomic E-state index is 0.000683. The molecular formula is C26H25N3O4. The highest BCUT2D eigenvalue weighted by Crippen LogP contribution is 2.22. The molecule has 0 spiro atoms. The van der Waals surface area contributed by atoms with E-state index in [2.05, 4.69) is 4.98 Å². The Morgan fingerprint density at radius 1 is 1.06 bits per heavy atom. The summed E-state index contributed by atoms with van der Waals surface area (Å²) >= 11 is 0. The minimum atomic E-state index is -0.491. The summed E-state index contributed by atoms with van der Waals surface area (Å²) in [5.41, 5.74) is 2.28. The fourth-order valence-electron chi connectivity index (χ4n) is 4.21. The van der Waals surface area contributed by atoms with Gasteiger partial charge < -0.3 is 9.15 Å². The molecule has 5 rings (SSSR count). The van der Waals surface area contributed by atoms with Crippen LogP contribution in [-0.4, -0.2) is 20.5 Å². The second-order valence-corrected chi connectivity index (χ2v) is 8.35. The third-order valence-electron chi connectivity index (χ3n) is 6.06. The summed E-state index contributed by atoms with van der Waals surface area (Å²) in [6.45, 7) is 2.49. The first-order chi connectivity index (χ1) is 16.1. The van der Waals surface area contributed by atoms with Crippen LogP contribution in [0.1, 0.15) is 53.3 Å². The van der Waals surface area contributed by atoms with E-state index in [1.807, 2.05) is 30.3 Å². The fraction of sp³-hybridized carbons (Fsp3) is 0.308. The largest absolute Gasteiger partial charge is 0.455 e. The molecule has 1 aliphatic rings. The first kappa shape index (κ1) is 21.1. The molecule has 0 bridgehead atoms.